The average Bonchev–Trinajstić information content (AvgIpc) is 2.47. The fraction of sp³-hybridized carbons (Fsp3) is 0.0667. The summed E-state index contributed by atoms with van der Waals surface area (Å²) in [4.78, 5) is 22.9. The molecule has 0 bridgehead atoms. The second-order valence-corrected chi connectivity index (χ2v) is 4.62. The maximum absolute atomic E-state index is 13.7. The van der Waals surface area contributed by atoms with Crippen molar-refractivity contribution in [1.82, 2.24) is 0 Å². The van der Waals surface area contributed by atoms with Crippen molar-refractivity contribution in [2.75, 3.05) is 10.6 Å². The number of rotatable bonds is 3. The number of phenolic OH excluding ortho intramolecular Hbond substituents is 1. The molecule has 0 fully saturated rings. The highest BCUT2D eigenvalue weighted by Gasteiger charge is 2.16. The highest BCUT2D eigenvalue weighted by Crippen LogP contribution is 2.24. The smallest absolute Gasteiger partial charge is 0.255 e. The number of phenols is 1. The zero-order valence-electron chi connectivity index (χ0n) is 11.8. The molecule has 0 spiro atoms. The van der Waals surface area contributed by atoms with Gasteiger partial charge in [0.25, 0.3) is 5.91 Å². The number of carbonyl (C=O) groups excluding carboxylic acids is 2. The zero-order valence-corrected chi connectivity index (χ0v) is 11.8. The van der Waals surface area contributed by atoms with Gasteiger partial charge in [-0.05, 0) is 30.3 Å². The average molecular weight is 324 g/mol. The molecule has 2 amide bonds. The van der Waals surface area contributed by atoms with Gasteiger partial charge in [-0.2, -0.15) is 0 Å². The quantitative estimate of drug-likeness (QED) is 0.812. The molecular formula is C15H11F3N2O3. The van der Waals surface area contributed by atoms with Crippen LogP contribution >= 0.6 is 0 Å². The van der Waals surface area contributed by atoms with E-state index >= 15 is 0 Å². The first kappa shape index (κ1) is 16.3. The second-order valence-electron chi connectivity index (χ2n) is 4.62. The van der Waals surface area contributed by atoms with Crippen LogP contribution < -0.4 is 10.6 Å². The first-order chi connectivity index (χ1) is 10.8. The molecule has 0 saturated carbocycles. The van der Waals surface area contributed by atoms with Crippen LogP contribution in [0.5, 0.6) is 5.75 Å². The number of hydrogen-bond acceptors (Lipinski definition) is 3. The summed E-state index contributed by atoms with van der Waals surface area (Å²) in [7, 11) is 0. The maximum atomic E-state index is 13.7. The molecule has 0 atom stereocenters. The first-order valence-electron chi connectivity index (χ1n) is 6.34. The van der Waals surface area contributed by atoms with Gasteiger partial charge in [0.05, 0.1) is 5.69 Å². The predicted octanol–water partition coefficient (Wildman–Crippen LogP) is 3.02. The van der Waals surface area contributed by atoms with Crippen LogP contribution in [0, 0.1) is 17.5 Å². The van der Waals surface area contributed by atoms with Gasteiger partial charge in [-0.15, -0.1) is 0 Å². The summed E-state index contributed by atoms with van der Waals surface area (Å²) in [5, 5.41) is 13.5. The van der Waals surface area contributed by atoms with E-state index < -0.39 is 40.6 Å². The number of hydrogen-bond donors (Lipinski definition) is 3. The van der Waals surface area contributed by atoms with Gasteiger partial charge in [-0.1, -0.05) is 0 Å². The summed E-state index contributed by atoms with van der Waals surface area (Å²) in [6, 6.07) is 4.68. The molecule has 0 aliphatic carbocycles. The van der Waals surface area contributed by atoms with Crippen molar-refractivity contribution in [2.24, 2.45) is 0 Å². The van der Waals surface area contributed by atoms with E-state index in [0.717, 1.165) is 12.1 Å². The van der Waals surface area contributed by atoms with Crippen LogP contribution in [0.15, 0.2) is 30.3 Å². The Morgan fingerprint density at radius 3 is 2.13 bits per heavy atom. The van der Waals surface area contributed by atoms with Gasteiger partial charge in [0.15, 0.2) is 17.4 Å². The number of aromatic hydroxyl groups is 1. The van der Waals surface area contributed by atoms with Gasteiger partial charge < -0.3 is 15.7 Å². The summed E-state index contributed by atoms with van der Waals surface area (Å²) in [5.41, 5.74) is -0.491. The molecule has 2 aromatic carbocycles. The molecule has 120 valence electrons. The largest absolute Gasteiger partial charge is 0.503 e. The number of nitrogens with one attached hydrogen (secondary N) is 2. The summed E-state index contributed by atoms with van der Waals surface area (Å²) >= 11 is 0. The standard InChI is InChI=1S/C15H11F3N2O3/c1-7(21)19-9-2-3-10(16)13(6-9)20-15(23)8-4-11(17)14(22)12(18)5-8/h2-6,22H,1H3,(H,19,21)(H,20,23). The molecular weight excluding hydrogens is 313 g/mol. The molecule has 0 radical (unpaired) electrons. The minimum Gasteiger partial charge on any atom is -0.503 e. The predicted molar refractivity (Wildman–Crippen MR) is 76.7 cm³/mol. The van der Waals surface area contributed by atoms with Crippen LogP contribution in [0.25, 0.3) is 0 Å². The third-order valence-corrected chi connectivity index (χ3v) is 2.81. The lowest BCUT2D eigenvalue weighted by Gasteiger charge is -2.10. The van der Waals surface area contributed by atoms with Gasteiger partial charge in [0.2, 0.25) is 5.91 Å². The van der Waals surface area contributed by atoms with Crippen molar-refractivity contribution < 1.29 is 27.9 Å². The number of amides is 2. The summed E-state index contributed by atoms with van der Waals surface area (Å²) in [6.45, 7) is 1.25. The number of benzene rings is 2. The van der Waals surface area contributed by atoms with Gasteiger partial charge in [-0.3, -0.25) is 9.59 Å². The van der Waals surface area contributed by atoms with Crippen LogP contribution in [0.2, 0.25) is 0 Å². The van der Waals surface area contributed by atoms with Crippen molar-refractivity contribution in [3.8, 4) is 5.75 Å². The van der Waals surface area contributed by atoms with Gasteiger partial charge in [-0.25, -0.2) is 13.2 Å². The van der Waals surface area contributed by atoms with E-state index in [4.69, 9.17) is 5.11 Å². The highest BCUT2D eigenvalue weighted by molar-refractivity contribution is 6.04. The van der Waals surface area contributed by atoms with Gasteiger partial charge in [0, 0.05) is 18.2 Å². The van der Waals surface area contributed by atoms with E-state index in [1.807, 2.05) is 0 Å². The zero-order chi connectivity index (χ0) is 17.1. The van der Waals surface area contributed by atoms with E-state index in [1.54, 1.807) is 0 Å². The molecule has 0 heterocycles. The number of anilines is 2. The minimum absolute atomic E-state index is 0.234. The fourth-order valence-corrected chi connectivity index (χ4v) is 1.79. The Balaban J connectivity index is 2.28. The lowest BCUT2D eigenvalue weighted by molar-refractivity contribution is -0.114. The van der Waals surface area contributed by atoms with E-state index in [2.05, 4.69) is 10.6 Å². The number of halogens is 3. The van der Waals surface area contributed by atoms with E-state index in [9.17, 15) is 22.8 Å². The van der Waals surface area contributed by atoms with Crippen molar-refractivity contribution in [3.05, 3.63) is 53.3 Å². The molecule has 3 N–H and O–H groups in total. The highest BCUT2D eigenvalue weighted by atomic mass is 19.1. The molecule has 23 heavy (non-hydrogen) atoms. The van der Waals surface area contributed by atoms with Gasteiger partial charge >= 0.3 is 0 Å². The fourth-order valence-electron chi connectivity index (χ4n) is 1.79. The Morgan fingerprint density at radius 1 is 0.957 bits per heavy atom. The molecule has 0 aliphatic rings. The van der Waals surface area contributed by atoms with E-state index in [1.165, 1.54) is 13.0 Å². The SMILES string of the molecule is CC(=O)Nc1ccc(F)c(NC(=O)c2cc(F)c(O)c(F)c2)c1. The first-order valence-corrected chi connectivity index (χ1v) is 6.34. The topological polar surface area (TPSA) is 78.4 Å². The Hall–Kier alpha value is -3.03. The molecule has 2 rings (SSSR count). The molecule has 2 aromatic rings. The lowest BCUT2D eigenvalue weighted by atomic mass is 10.1. The molecule has 8 heteroatoms. The third kappa shape index (κ3) is 3.79. The Labute approximate surface area is 128 Å². The molecule has 0 aromatic heterocycles. The summed E-state index contributed by atoms with van der Waals surface area (Å²) < 4.78 is 40.2. The van der Waals surface area contributed by atoms with E-state index in [-0.39, 0.29) is 11.4 Å². The van der Waals surface area contributed by atoms with Crippen molar-refractivity contribution in [1.29, 1.82) is 0 Å². The van der Waals surface area contributed by atoms with Crippen molar-refractivity contribution in [3.63, 3.8) is 0 Å². The van der Waals surface area contributed by atoms with E-state index in [0.29, 0.717) is 12.1 Å². The second kappa shape index (κ2) is 6.39. The summed E-state index contributed by atoms with van der Waals surface area (Å²) in [5.74, 6) is -6.02. The molecule has 0 aliphatic heterocycles. The summed E-state index contributed by atoms with van der Waals surface area (Å²) in [6.07, 6.45) is 0. The van der Waals surface area contributed by atoms with Crippen LogP contribution in [0.4, 0.5) is 24.5 Å². The Bertz CT molecular complexity index is 771. The maximum Gasteiger partial charge on any atom is 0.255 e. The minimum atomic E-state index is -1.32. The third-order valence-electron chi connectivity index (χ3n) is 2.81. The Morgan fingerprint density at radius 2 is 1.57 bits per heavy atom. The monoisotopic (exact) mass is 324 g/mol. The molecule has 5 nitrogen and oxygen atoms in total. The molecule has 0 unspecified atom stereocenters. The van der Waals surface area contributed by atoms with Crippen molar-refractivity contribution >= 4 is 23.2 Å². The number of carbonyl (C=O) groups is 2. The van der Waals surface area contributed by atoms with Gasteiger partial charge in [0.1, 0.15) is 5.82 Å². The van der Waals surface area contributed by atoms with Crippen LogP contribution in [-0.4, -0.2) is 16.9 Å². The Kier molecular flexibility index (Phi) is 4.54. The van der Waals surface area contributed by atoms with Crippen LogP contribution in [0.3, 0.4) is 0 Å². The van der Waals surface area contributed by atoms with Crippen molar-refractivity contribution in [2.45, 2.75) is 6.92 Å². The molecule has 0 saturated heterocycles. The van der Waals surface area contributed by atoms with Crippen LogP contribution in [-0.2, 0) is 4.79 Å². The van der Waals surface area contributed by atoms with Crippen LogP contribution in [0.1, 0.15) is 17.3 Å². The lowest BCUT2D eigenvalue weighted by Crippen LogP contribution is -2.14. The normalized spacial score (nSPS) is 10.3.